The minimum absolute atomic E-state index is 0.0744. The smallest absolute Gasteiger partial charge is 0.243 e. The second kappa shape index (κ2) is 10.2. The number of rotatable bonds is 10. The van der Waals surface area contributed by atoms with Crippen LogP contribution in [0.25, 0.3) is 0 Å². The summed E-state index contributed by atoms with van der Waals surface area (Å²) in [4.78, 5) is 26.6. The minimum Gasteiger partial charge on any atom is -0.353 e. The number of nitrogens with zero attached hydrogens (tertiary/aromatic N) is 2. The molecule has 7 nitrogen and oxygen atoms in total. The van der Waals surface area contributed by atoms with Gasteiger partial charge in [-0.3, -0.25) is 9.59 Å². The maximum Gasteiger partial charge on any atom is 0.243 e. The van der Waals surface area contributed by atoms with Gasteiger partial charge in [-0.2, -0.15) is 4.31 Å². The molecule has 162 valence electrons. The molecule has 1 aromatic rings. The van der Waals surface area contributed by atoms with Crippen molar-refractivity contribution in [3.8, 4) is 0 Å². The molecule has 0 aromatic heterocycles. The maximum absolute atomic E-state index is 12.9. The molecule has 0 bridgehead atoms. The summed E-state index contributed by atoms with van der Waals surface area (Å²) in [6, 6.07) is 6.46. The van der Waals surface area contributed by atoms with Crippen LogP contribution in [0.2, 0.25) is 0 Å². The molecule has 8 heteroatoms. The van der Waals surface area contributed by atoms with Crippen molar-refractivity contribution in [2.45, 2.75) is 64.3 Å². The van der Waals surface area contributed by atoms with Crippen LogP contribution in [0.3, 0.4) is 0 Å². The van der Waals surface area contributed by atoms with Crippen LogP contribution in [-0.4, -0.2) is 50.2 Å². The molecule has 1 heterocycles. The SMILES string of the molecule is CCCN(CCC)S(=O)(=O)c1ccc(N2C[C@H](C(=O)N[C@H](C)CC)CC2=O)cc1. The number of amides is 2. The molecular weight excluding hydrogens is 390 g/mol. The second-order valence-electron chi connectivity index (χ2n) is 7.62. The zero-order valence-corrected chi connectivity index (χ0v) is 18.7. The van der Waals surface area contributed by atoms with Crippen LogP contribution in [0.1, 0.15) is 53.4 Å². The Hall–Kier alpha value is -1.93. The fourth-order valence-corrected chi connectivity index (χ4v) is 5.02. The normalized spacial score (nSPS) is 18.3. The van der Waals surface area contributed by atoms with Crippen LogP contribution >= 0.6 is 0 Å². The van der Waals surface area contributed by atoms with Crippen molar-refractivity contribution in [3.05, 3.63) is 24.3 Å². The molecule has 1 aliphatic heterocycles. The number of benzene rings is 1. The Bertz CT molecular complexity index is 802. The number of anilines is 1. The first-order valence-electron chi connectivity index (χ1n) is 10.4. The lowest BCUT2D eigenvalue weighted by atomic mass is 10.1. The van der Waals surface area contributed by atoms with E-state index in [0.717, 1.165) is 19.3 Å². The highest BCUT2D eigenvalue weighted by atomic mass is 32.2. The number of carbonyl (C=O) groups is 2. The van der Waals surface area contributed by atoms with Crippen LogP contribution < -0.4 is 10.2 Å². The van der Waals surface area contributed by atoms with E-state index in [1.807, 2.05) is 27.7 Å². The Morgan fingerprint density at radius 1 is 1.17 bits per heavy atom. The lowest BCUT2D eigenvalue weighted by molar-refractivity contribution is -0.126. The standard InChI is InChI=1S/C21H33N3O4S/c1-5-12-23(13-6-2)29(27,28)19-10-8-18(9-11-19)24-15-17(14-20(24)25)21(26)22-16(4)7-3/h8-11,16-17H,5-7,12-15H2,1-4H3,(H,22,26)/t16-,17-/m1/s1. The van der Waals surface area contributed by atoms with E-state index in [4.69, 9.17) is 0 Å². The molecule has 29 heavy (non-hydrogen) atoms. The zero-order chi connectivity index (χ0) is 21.6. The van der Waals surface area contributed by atoms with E-state index >= 15 is 0 Å². The van der Waals surface area contributed by atoms with Crippen LogP contribution in [0.4, 0.5) is 5.69 Å². The van der Waals surface area contributed by atoms with Gasteiger partial charge in [-0.15, -0.1) is 0 Å². The summed E-state index contributed by atoms with van der Waals surface area (Å²) >= 11 is 0. The van der Waals surface area contributed by atoms with Crippen LogP contribution in [0.15, 0.2) is 29.2 Å². The van der Waals surface area contributed by atoms with Crippen LogP contribution in [-0.2, 0) is 19.6 Å². The first-order valence-corrected chi connectivity index (χ1v) is 11.9. The second-order valence-corrected chi connectivity index (χ2v) is 9.56. The van der Waals surface area contributed by atoms with Gasteiger partial charge in [0.15, 0.2) is 0 Å². The molecule has 1 saturated heterocycles. The number of sulfonamides is 1. The predicted octanol–water partition coefficient (Wildman–Crippen LogP) is 2.76. The van der Waals surface area contributed by atoms with E-state index in [1.54, 1.807) is 29.2 Å². The highest BCUT2D eigenvalue weighted by Gasteiger charge is 2.35. The molecule has 0 aliphatic carbocycles. The number of hydrogen-bond acceptors (Lipinski definition) is 4. The van der Waals surface area contributed by atoms with Gasteiger partial charge in [0.2, 0.25) is 21.8 Å². The van der Waals surface area contributed by atoms with Gasteiger partial charge in [0.05, 0.1) is 10.8 Å². The van der Waals surface area contributed by atoms with Crippen molar-refractivity contribution in [2.75, 3.05) is 24.5 Å². The molecule has 2 atom stereocenters. The Morgan fingerprint density at radius 2 is 1.76 bits per heavy atom. The van der Waals surface area contributed by atoms with Crippen LogP contribution in [0, 0.1) is 5.92 Å². The van der Waals surface area contributed by atoms with Gasteiger partial charge in [-0.25, -0.2) is 8.42 Å². The summed E-state index contributed by atoms with van der Waals surface area (Å²) in [6.45, 7) is 9.11. The Morgan fingerprint density at radius 3 is 2.28 bits per heavy atom. The number of carbonyl (C=O) groups excluding carboxylic acids is 2. The molecule has 0 spiro atoms. The third kappa shape index (κ3) is 5.57. The quantitative estimate of drug-likeness (QED) is 0.627. The van der Waals surface area contributed by atoms with Crippen molar-refractivity contribution in [2.24, 2.45) is 5.92 Å². The zero-order valence-electron chi connectivity index (χ0n) is 17.8. The molecule has 1 fully saturated rings. The number of hydrogen-bond donors (Lipinski definition) is 1. The van der Waals surface area contributed by atoms with Crippen molar-refractivity contribution in [3.63, 3.8) is 0 Å². The molecule has 2 rings (SSSR count). The average Bonchev–Trinajstić information content (AvgIpc) is 3.09. The van der Waals surface area contributed by atoms with E-state index in [1.165, 1.54) is 4.31 Å². The van der Waals surface area contributed by atoms with Gasteiger partial charge in [-0.1, -0.05) is 20.8 Å². The molecule has 0 unspecified atom stereocenters. The molecule has 0 radical (unpaired) electrons. The van der Waals surface area contributed by atoms with Gasteiger partial charge in [0, 0.05) is 37.8 Å². The van der Waals surface area contributed by atoms with Gasteiger partial charge in [0.1, 0.15) is 0 Å². The summed E-state index contributed by atoms with van der Waals surface area (Å²) in [5.41, 5.74) is 0.616. The first-order chi connectivity index (χ1) is 13.7. The van der Waals surface area contributed by atoms with E-state index in [-0.39, 0.29) is 35.1 Å². The van der Waals surface area contributed by atoms with Crippen molar-refractivity contribution in [1.29, 1.82) is 0 Å². The van der Waals surface area contributed by atoms with E-state index in [9.17, 15) is 18.0 Å². The topological polar surface area (TPSA) is 86.8 Å². The van der Waals surface area contributed by atoms with E-state index in [0.29, 0.717) is 25.3 Å². The molecule has 1 aliphatic rings. The first kappa shape index (κ1) is 23.3. The lowest BCUT2D eigenvalue weighted by Crippen LogP contribution is -2.38. The third-order valence-electron chi connectivity index (χ3n) is 5.23. The summed E-state index contributed by atoms with van der Waals surface area (Å²) in [5.74, 6) is -0.614. The minimum atomic E-state index is -3.55. The fourth-order valence-electron chi connectivity index (χ4n) is 3.39. The molecule has 2 amide bonds. The van der Waals surface area contributed by atoms with Gasteiger partial charge in [0.25, 0.3) is 0 Å². The third-order valence-corrected chi connectivity index (χ3v) is 7.14. The highest BCUT2D eigenvalue weighted by molar-refractivity contribution is 7.89. The molecule has 0 saturated carbocycles. The highest BCUT2D eigenvalue weighted by Crippen LogP contribution is 2.27. The van der Waals surface area contributed by atoms with Crippen molar-refractivity contribution >= 4 is 27.5 Å². The maximum atomic E-state index is 12.9. The predicted molar refractivity (Wildman–Crippen MR) is 114 cm³/mol. The molecular formula is C21H33N3O4S. The summed E-state index contributed by atoms with van der Waals surface area (Å²) in [5, 5.41) is 2.93. The fraction of sp³-hybridized carbons (Fsp3) is 0.619. The van der Waals surface area contributed by atoms with Gasteiger partial charge < -0.3 is 10.2 Å². The van der Waals surface area contributed by atoms with Crippen molar-refractivity contribution < 1.29 is 18.0 Å². The summed E-state index contributed by atoms with van der Waals surface area (Å²) < 4.78 is 27.2. The molecule has 1 aromatic carbocycles. The molecule has 1 N–H and O–H groups in total. The monoisotopic (exact) mass is 423 g/mol. The lowest BCUT2D eigenvalue weighted by Gasteiger charge is -2.22. The number of nitrogens with one attached hydrogen (secondary N) is 1. The van der Waals surface area contributed by atoms with E-state index in [2.05, 4.69) is 5.32 Å². The van der Waals surface area contributed by atoms with E-state index < -0.39 is 10.0 Å². The largest absolute Gasteiger partial charge is 0.353 e. The van der Waals surface area contributed by atoms with Gasteiger partial charge >= 0.3 is 0 Å². The van der Waals surface area contributed by atoms with Gasteiger partial charge in [-0.05, 0) is 50.5 Å². The average molecular weight is 424 g/mol. The summed E-state index contributed by atoms with van der Waals surface area (Å²) in [7, 11) is -3.55. The Balaban J connectivity index is 2.13. The van der Waals surface area contributed by atoms with Crippen LogP contribution in [0.5, 0.6) is 0 Å². The Kier molecular flexibility index (Phi) is 8.22. The van der Waals surface area contributed by atoms with Crippen molar-refractivity contribution in [1.82, 2.24) is 9.62 Å². The summed E-state index contributed by atoms with van der Waals surface area (Å²) in [6.07, 6.45) is 2.50. The Labute approximate surface area is 174 Å².